The number of rotatable bonds is 7. The molecule has 2 aromatic carbocycles. The second-order valence-corrected chi connectivity index (χ2v) is 4.91. The molecule has 4 nitrogen and oxygen atoms in total. The lowest BCUT2D eigenvalue weighted by Crippen LogP contribution is -2.29. The lowest BCUT2D eigenvalue weighted by atomic mass is 10.0. The molecular formula is C17H22N2O2. The van der Waals surface area contributed by atoms with Crippen LogP contribution in [0.5, 0.6) is 11.5 Å². The summed E-state index contributed by atoms with van der Waals surface area (Å²) in [6.07, 6.45) is 0.755. The van der Waals surface area contributed by atoms with E-state index in [1.807, 2.05) is 42.5 Å². The molecule has 0 aromatic heterocycles. The van der Waals surface area contributed by atoms with Crippen molar-refractivity contribution in [3.63, 3.8) is 0 Å². The van der Waals surface area contributed by atoms with E-state index in [0.717, 1.165) is 23.5 Å². The molecule has 0 radical (unpaired) electrons. The summed E-state index contributed by atoms with van der Waals surface area (Å²) in [5, 5.41) is 0. The van der Waals surface area contributed by atoms with Crippen LogP contribution in [0.1, 0.15) is 23.6 Å². The van der Waals surface area contributed by atoms with Crippen LogP contribution in [0.4, 0.5) is 0 Å². The molecule has 21 heavy (non-hydrogen) atoms. The van der Waals surface area contributed by atoms with Gasteiger partial charge in [0.1, 0.15) is 11.5 Å². The first kappa shape index (κ1) is 15.4. The molecule has 0 heterocycles. The van der Waals surface area contributed by atoms with E-state index in [-0.39, 0.29) is 6.04 Å². The molecule has 0 spiro atoms. The fourth-order valence-electron chi connectivity index (χ4n) is 2.27. The van der Waals surface area contributed by atoms with Gasteiger partial charge < -0.3 is 9.47 Å². The van der Waals surface area contributed by atoms with Crippen molar-refractivity contribution in [2.24, 2.45) is 5.84 Å². The van der Waals surface area contributed by atoms with Crippen LogP contribution in [0.2, 0.25) is 0 Å². The van der Waals surface area contributed by atoms with Gasteiger partial charge in [-0.1, -0.05) is 35.9 Å². The number of hydrogen-bond acceptors (Lipinski definition) is 4. The minimum atomic E-state index is -0.0106. The van der Waals surface area contributed by atoms with Crippen LogP contribution < -0.4 is 20.7 Å². The number of benzene rings is 2. The van der Waals surface area contributed by atoms with Crippen molar-refractivity contribution >= 4 is 0 Å². The molecule has 0 amide bonds. The second kappa shape index (κ2) is 7.67. The zero-order valence-electron chi connectivity index (χ0n) is 12.5. The third-order valence-electron chi connectivity index (χ3n) is 3.38. The lowest BCUT2D eigenvalue weighted by molar-refractivity contribution is 0.284. The topological polar surface area (TPSA) is 56.5 Å². The maximum atomic E-state index is 5.73. The Kier molecular flexibility index (Phi) is 5.60. The first-order chi connectivity index (χ1) is 10.2. The van der Waals surface area contributed by atoms with Gasteiger partial charge in [0.25, 0.3) is 0 Å². The van der Waals surface area contributed by atoms with Gasteiger partial charge in [-0.25, -0.2) is 0 Å². The number of aryl methyl sites for hydroxylation is 1. The molecule has 0 bridgehead atoms. The average Bonchev–Trinajstić information content (AvgIpc) is 2.52. The maximum Gasteiger partial charge on any atom is 0.123 e. The number of hydrazine groups is 1. The molecule has 0 saturated carbocycles. The first-order valence-corrected chi connectivity index (χ1v) is 7.03. The van der Waals surface area contributed by atoms with Crippen LogP contribution in [0, 0.1) is 6.92 Å². The predicted molar refractivity (Wildman–Crippen MR) is 84.3 cm³/mol. The van der Waals surface area contributed by atoms with Gasteiger partial charge >= 0.3 is 0 Å². The van der Waals surface area contributed by atoms with E-state index < -0.39 is 0 Å². The molecular weight excluding hydrogens is 264 g/mol. The van der Waals surface area contributed by atoms with Gasteiger partial charge in [-0.3, -0.25) is 11.3 Å². The van der Waals surface area contributed by atoms with E-state index in [2.05, 4.69) is 18.4 Å². The van der Waals surface area contributed by atoms with Gasteiger partial charge in [0, 0.05) is 12.0 Å². The van der Waals surface area contributed by atoms with E-state index in [1.54, 1.807) is 7.11 Å². The van der Waals surface area contributed by atoms with Crippen molar-refractivity contribution in [1.82, 2.24) is 5.43 Å². The highest BCUT2D eigenvalue weighted by atomic mass is 16.5. The van der Waals surface area contributed by atoms with Crippen LogP contribution in [-0.4, -0.2) is 13.7 Å². The number of methoxy groups -OCH3 is 1. The first-order valence-electron chi connectivity index (χ1n) is 7.03. The zero-order valence-corrected chi connectivity index (χ0v) is 12.5. The third-order valence-corrected chi connectivity index (χ3v) is 3.38. The highest BCUT2D eigenvalue weighted by molar-refractivity contribution is 5.39. The Labute approximate surface area is 125 Å². The van der Waals surface area contributed by atoms with Crippen LogP contribution in [0.15, 0.2) is 48.5 Å². The van der Waals surface area contributed by atoms with Crippen LogP contribution >= 0.6 is 0 Å². The number of nitrogens with one attached hydrogen (secondary N) is 1. The summed E-state index contributed by atoms with van der Waals surface area (Å²) in [6.45, 7) is 2.63. The standard InChI is InChI=1S/C17H22N2O2/c1-13-8-9-17(20-2)15(12-13)16(19-18)10-11-21-14-6-4-3-5-7-14/h3-9,12,16,19H,10-11,18H2,1-2H3. The molecule has 0 aliphatic carbocycles. The largest absolute Gasteiger partial charge is 0.496 e. The molecule has 2 rings (SSSR count). The van der Waals surface area contributed by atoms with Crippen LogP contribution in [0.3, 0.4) is 0 Å². The van der Waals surface area contributed by atoms with E-state index >= 15 is 0 Å². The molecule has 1 unspecified atom stereocenters. The summed E-state index contributed by atoms with van der Waals surface area (Å²) in [5.74, 6) is 7.40. The van der Waals surface area contributed by atoms with Gasteiger partial charge in [0.2, 0.25) is 0 Å². The summed E-state index contributed by atoms with van der Waals surface area (Å²) in [5.41, 5.74) is 5.07. The molecule has 0 aliphatic heterocycles. The molecule has 0 saturated heterocycles. The molecule has 112 valence electrons. The lowest BCUT2D eigenvalue weighted by Gasteiger charge is -2.20. The van der Waals surface area contributed by atoms with Gasteiger partial charge in [-0.2, -0.15) is 0 Å². The monoisotopic (exact) mass is 286 g/mol. The van der Waals surface area contributed by atoms with Gasteiger partial charge in [0.05, 0.1) is 19.8 Å². The Morgan fingerprint density at radius 2 is 1.90 bits per heavy atom. The highest BCUT2D eigenvalue weighted by Crippen LogP contribution is 2.28. The molecule has 4 heteroatoms. The molecule has 0 fully saturated rings. The van der Waals surface area contributed by atoms with E-state index in [9.17, 15) is 0 Å². The quantitative estimate of drug-likeness (QED) is 0.607. The summed E-state index contributed by atoms with van der Waals surface area (Å²) >= 11 is 0. The molecule has 2 aromatic rings. The Morgan fingerprint density at radius 3 is 2.57 bits per heavy atom. The summed E-state index contributed by atoms with van der Waals surface area (Å²) in [7, 11) is 1.67. The number of ether oxygens (including phenoxy) is 2. The van der Waals surface area contributed by atoms with Gasteiger partial charge in [-0.15, -0.1) is 0 Å². The zero-order chi connectivity index (χ0) is 15.1. The van der Waals surface area contributed by atoms with Crippen LogP contribution in [0.25, 0.3) is 0 Å². The number of para-hydroxylation sites is 1. The predicted octanol–water partition coefficient (Wildman–Crippen LogP) is 2.98. The van der Waals surface area contributed by atoms with Crippen molar-refractivity contribution in [3.8, 4) is 11.5 Å². The Hall–Kier alpha value is -2.04. The minimum Gasteiger partial charge on any atom is -0.496 e. The van der Waals surface area contributed by atoms with Crippen molar-refractivity contribution in [1.29, 1.82) is 0 Å². The SMILES string of the molecule is COc1ccc(C)cc1C(CCOc1ccccc1)NN. The van der Waals surface area contributed by atoms with Crippen molar-refractivity contribution in [3.05, 3.63) is 59.7 Å². The third kappa shape index (κ3) is 4.21. The van der Waals surface area contributed by atoms with Crippen LogP contribution in [-0.2, 0) is 0 Å². The fraction of sp³-hybridized carbons (Fsp3) is 0.294. The molecule has 0 aliphatic rings. The fourth-order valence-corrected chi connectivity index (χ4v) is 2.27. The minimum absolute atomic E-state index is 0.0106. The normalized spacial score (nSPS) is 12.0. The summed E-state index contributed by atoms with van der Waals surface area (Å²) in [4.78, 5) is 0. The Bertz CT molecular complexity index is 558. The smallest absolute Gasteiger partial charge is 0.123 e. The van der Waals surface area contributed by atoms with E-state index in [0.29, 0.717) is 6.61 Å². The van der Waals surface area contributed by atoms with Crippen molar-refractivity contribution in [2.45, 2.75) is 19.4 Å². The van der Waals surface area contributed by atoms with Gasteiger partial charge in [0.15, 0.2) is 0 Å². The van der Waals surface area contributed by atoms with Gasteiger partial charge in [-0.05, 0) is 25.1 Å². The highest BCUT2D eigenvalue weighted by Gasteiger charge is 2.15. The summed E-state index contributed by atoms with van der Waals surface area (Å²) < 4.78 is 11.1. The average molecular weight is 286 g/mol. The molecule has 3 N–H and O–H groups in total. The Balaban J connectivity index is 2.01. The molecule has 1 atom stereocenters. The number of nitrogens with two attached hydrogens (primary N) is 1. The second-order valence-electron chi connectivity index (χ2n) is 4.91. The number of hydrogen-bond donors (Lipinski definition) is 2. The van der Waals surface area contributed by atoms with Crippen molar-refractivity contribution in [2.75, 3.05) is 13.7 Å². The maximum absolute atomic E-state index is 5.73. The summed E-state index contributed by atoms with van der Waals surface area (Å²) in [6, 6.07) is 15.8. The van der Waals surface area contributed by atoms with E-state index in [4.69, 9.17) is 15.3 Å². The Morgan fingerprint density at radius 1 is 1.14 bits per heavy atom. The van der Waals surface area contributed by atoms with Crippen molar-refractivity contribution < 1.29 is 9.47 Å². The van der Waals surface area contributed by atoms with E-state index in [1.165, 1.54) is 5.56 Å².